The van der Waals surface area contributed by atoms with Gasteiger partial charge in [0, 0.05) is 12.7 Å². The molecular weight excluding hydrogens is 258 g/mol. The monoisotopic (exact) mass is 277 g/mol. The molecule has 1 atom stereocenters. The number of hydrogen-bond donors (Lipinski definition) is 2. The van der Waals surface area contributed by atoms with Gasteiger partial charge >= 0.3 is 0 Å². The van der Waals surface area contributed by atoms with Gasteiger partial charge < -0.3 is 10.4 Å². The van der Waals surface area contributed by atoms with Crippen LogP contribution in [-0.4, -0.2) is 43.2 Å². The zero-order valence-electron chi connectivity index (χ0n) is 11.9. The number of aryl methyl sites for hydroxylation is 1. The summed E-state index contributed by atoms with van der Waals surface area (Å²) in [7, 11) is 0. The molecule has 0 fully saturated rings. The lowest BCUT2D eigenvalue weighted by molar-refractivity contribution is 0.0870. The summed E-state index contributed by atoms with van der Waals surface area (Å²) in [6.45, 7) is 5.96. The number of nitrogens with zero attached hydrogens (tertiary/aromatic N) is 4. The van der Waals surface area contributed by atoms with Crippen molar-refractivity contribution in [3.05, 3.63) is 23.8 Å². The molecule has 0 aliphatic heterocycles. The van der Waals surface area contributed by atoms with E-state index in [1.165, 1.54) is 12.5 Å². The molecule has 0 saturated heterocycles. The van der Waals surface area contributed by atoms with E-state index in [4.69, 9.17) is 0 Å². The van der Waals surface area contributed by atoms with Gasteiger partial charge in [0.1, 0.15) is 6.33 Å². The Labute approximate surface area is 117 Å². The topological polar surface area (TPSA) is 92.4 Å². The standard InChI is InChI=1S/C13H19N5O2/c1-4-10-9(5-15-13-16-7-17-18(10)13)12(20)14-6-11(19)8(2)3/h5,7-8,11,19H,4,6H2,1-3H3,(H,14,20). The van der Waals surface area contributed by atoms with Crippen molar-refractivity contribution < 1.29 is 9.90 Å². The maximum atomic E-state index is 12.2. The number of carbonyl (C=O) groups is 1. The van der Waals surface area contributed by atoms with Gasteiger partial charge in [-0.05, 0) is 12.3 Å². The maximum Gasteiger partial charge on any atom is 0.254 e. The molecule has 0 aliphatic rings. The van der Waals surface area contributed by atoms with Gasteiger partial charge in [0.25, 0.3) is 11.7 Å². The second-order valence-electron chi connectivity index (χ2n) is 4.97. The lowest BCUT2D eigenvalue weighted by Gasteiger charge is -2.15. The number of carbonyl (C=O) groups excluding carboxylic acids is 1. The van der Waals surface area contributed by atoms with Crippen molar-refractivity contribution in [3.63, 3.8) is 0 Å². The summed E-state index contributed by atoms with van der Waals surface area (Å²) in [5.74, 6) is 0.309. The molecule has 2 aromatic rings. The van der Waals surface area contributed by atoms with Crippen molar-refractivity contribution in [2.45, 2.75) is 33.3 Å². The summed E-state index contributed by atoms with van der Waals surface area (Å²) in [4.78, 5) is 20.3. The van der Waals surface area contributed by atoms with E-state index in [9.17, 15) is 9.90 Å². The Morgan fingerprint density at radius 1 is 1.45 bits per heavy atom. The minimum absolute atomic E-state index is 0.0943. The van der Waals surface area contributed by atoms with E-state index in [1.54, 1.807) is 4.52 Å². The number of rotatable bonds is 5. The van der Waals surface area contributed by atoms with Crippen LogP contribution in [0.4, 0.5) is 0 Å². The summed E-state index contributed by atoms with van der Waals surface area (Å²) in [5, 5.41) is 16.5. The summed E-state index contributed by atoms with van der Waals surface area (Å²) < 4.78 is 1.56. The van der Waals surface area contributed by atoms with Crippen molar-refractivity contribution >= 4 is 11.7 Å². The molecule has 0 spiro atoms. The fraction of sp³-hybridized carbons (Fsp3) is 0.538. The third-order valence-electron chi connectivity index (χ3n) is 3.23. The van der Waals surface area contributed by atoms with Crippen LogP contribution >= 0.6 is 0 Å². The molecule has 20 heavy (non-hydrogen) atoms. The van der Waals surface area contributed by atoms with Crippen LogP contribution in [0.25, 0.3) is 5.78 Å². The molecule has 2 heterocycles. The molecule has 1 unspecified atom stereocenters. The van der Waals surface area contributed by atoms with Crippen molar-refractivity contribution in [2.75, 3.05) is 6.54 Å². The van der Waals surface area contributed by atoms with Gasteiger partial charge in [0.2, 0.25) is 0 Å². The fourth-order valence-electron chi connectivity index (χ4n) is 1.88. The van der Waals surface area contributed by atoms with Crippen LogP contribution in [0.5, 0.6) is 0 Å². The fourth-order valence-corrected chi connectivity index (χ4v) is 1.88. The molecule has 7 nitrogen and oxygen atoms in total. The van der Waals surface area contributed by atoms with Gasteiger partial charge in [0.05, 0.1) is 17.4 Å². The lowest BCUT2D eigenvalue weighted by atomic mass is 10.1. The first kappa shape index (κ1) is 14.4. The van der Waals surface area contributed by atoms with E-state index in [0.29, 0.717) is 17.8 Å². The van der Waals surface area contributed by atoms with E-state index in [1.807, 2.05) is 20.8 Å². The van der Waals surface area contributed by atoms with Gasteiger partial charge in [-0.25, -0.2) is 9.50 Å². The zero-order valence-corrected chi connectivity index (χ0v) is 11.9. The lowest BCUT2D eigenvalue weighted by Crippen LogP contribution is -2.35. The second kappa shape index (κ2) is 5.96. The molecular formula is C13H19N5O2. The van der Waals surface area contributed by atoms with Crippen LogP contribution in [-0.2, 0) is 6.42 Å². The SMILES string of the molecule is CCc1c(C(=O)NCC(O)C(C)C)cnc2ncnn12. The van der Waals surface area contributed by atoms with E-state index >= 15 is 0 Å². The molecule has 0 saturated carbocycles. The van der Waals surface area contributed by atoms with Crippen molar-refractivity contribution in [1.82, 2.24) is 24.9 Å². The summed E-state index contributed by atoms with van der Waals surface area (Å²) >= 11 is 0. The number of aromatic nitrogens is 4. The Morgan fingerprint density at radius 2 is 2.20 bits per heavy atom. The van der Waals surface area contributed by atoms with Gasteiger partial charge in [-0.1, -0.05) is 20.8 Å². The largest absolute Gasteiger partial charge is 0.391 e. The van der Waals surface area contributed by atoms with Crippen LogP contribution in [0.3, 0.4) is 0 Å². The third-order valence-corrected chi connectivity index (χ3v) is 3.23. The highest BCUT2D eigenvalue weighted by Crippen LogP contribution is 2.10. The first-order chi connectivity index (χ1) is 9.54. The summed E-state index contributed by atoms with van der Waals surface area (Å²) in [6, 6.07) is 0. The molecule has 0 aromatic carbocycles. The van der Waals surface area contributed by atoms with E-state index in [0.717, 1.165) is 5.69 Å². The molecule has 2 aromatic heterocycles. The smallest absolute Gasteiger partial charge is 0.254 e. The summed E-state index contributed by atoms with van der Waals surface area (Å²) in [5.41, 5.74) is 1.21. The molecule has 0 radical (unpaired) electrons. The Bertz CT molecular complexity index is 608. The highest BCUT2D eigenvalue weighted by molar-refractivity contribution is 5.95. The van der Waals surface area contributed by atoms with Crippen molar-refractivity contribution in [2.24, 2.45) is 5.92 Å². The number of amides is 1. The van der Waals surface area contributed by atoms with Crippen LogP contribution in [0.15, 0.2) is 12.5 Å². The third kappa shape index (κ3) is 2.77. The molecule has 2 rings (SSSR count). The molecule has 108 valence electrons. The number of fused-ring (bicyclic) bond motifs is 1. The van der Waals surface area contributed by atoms with Crippen LogP contribution in [0, 0.1) is 5.92 Å². The number of hydrogen-bond acceptors (Lipinski definition) is 5. The van der Waals surface area contributed by atoms with Gasteiger partial charge in [-0.2, -0.15) is 10.1 Å². The Balaban J connectivity index is 2.21. The average Bonchev–Trinajstić information content (AvgIpc) is 2.91. The molecule has 0 bridgehead atoms. The van der Waals surface area contributed by atoms with Crippen molar-refractivity contribution in [3.8, 4) is 0 Å². The molecule has 2 N–H and O–H groups in total. The Hall–Kier alpha value is -2.02. The predicted octanol–water partition coefficient (Wildman–Crippen LogP) is 0.433. The van der Waals surface area contributed by atoms with E-state index in [2.05, 4.69) is 20.4 Å². The summed E-state index contributed by atoms with van der Waals surface area (Å²) in [6.07, 6.45) is 2.98. The van der Waals surface area contributed by atoms with Gasteiger partial charge in [-0.15, -0.1) is 0 Å². The minimum atomic E-state index is -0.563. The number of nitrogens with one attached hydrogen (secondary N) is 1. The van der Waals surface area contributed by atoms with Gasteiger partial charge in [-0.3, -0.25) is 4.79 Å². The van der Waals surface area contributed by atoms with E-state index in [-0.39, 0.29) is 18.4 Å². The minimum Gasteiger partial charge on any atom is -0.391 e. The van der Waals surface area contributed by atoms with Gasteiger partial charge in [0.15, 0.2) is 0 Å². The normalized spacial score (nSPS) is 12.8. The highest BCUT2D eigenvalue weighted by atomic mass is 16.3. The molecule has 7 heteroatoms. The first-order valence-electron chi connectivity index (χ1n) is 6.68. The van der Waals surface area contributed by atoms with Crippen LogP contribution in [0.2, 0.25) is 0 Å². The first-order valence-corrected chi connectivity index (χ1v) is 6.68. The van der Waals surface area contributed by atoms with Crippen LogP contribution < -0.4 is 5.32 Å². The number of aliphatic hydroxyl groups is 1. The van der Waals surface area contributed by atoms with E-state index < -0.39 is 6.10 Å². The molecule has 0 aliphatic carbocycles. The van der Waals surface area contributed by atoms with Crippen LogP contribution in [0.1, 0.15) is 36.8 Å². The zero-order chi connectivity index (χ0) is 14.7. The second-order valence-corrected chi connectivity index (χ2v) is 4.97. The number of aliphatic hydroxyl groups excluding tert-OH is 1. The predicted molar refractivity (Wildman–Crippen MR) is 73.3 cm³/mol. The average molecular weight is 277 g/mol. The highest BCUT2D eigenvalue weighted by Gasteiger charge is 2.17. The Morgan fingerprint density at radius 3 is 2.85 bits per heavy atom. The van der Waals surface area contributed by atoms with Crippen molar-refractivity contribution in [1.29, 1.82) is 0 Å². The Kier molecular flexibility index (Phi) is 4.29. The quantitative estimate of drug-likeness (QED) is 0.827. The maximum absolute atomic E-state index is 12.2. The molecule has 1 amide bonds.